The van der Waals surface area contributed by atoms with Crippen LogP contribution in [0.2, 0.25) is 0 Å². The number of unbranched alkanes of at least 4 members (excludes halogenated alkanes) is 1. The van der Waals surface area contributed by atoms with Crippen molar-refractivity contribution in [1.29, 1.82) is 0 Å². The summed E-state index contributed by atoms with van der Waals surface area (Å²) in [6, 6.07) is 4.46. The molecule has 32 heavy (non-hydrogen) atoms. The number of hydrogen-bond donors (Lipinski definition) is 2. The molecule has 174 valence electrons. The third-order valence-electron chi connectivity index (χ3n) is 5.01. The summed E-state index contributed by atoms with van der Waals surface area (Å²) in [6.45, 7) is -0.213. The molecule has 0 bridgehead atoms. The number of Topliss-reactive ketones (excluding diaryl/α,β-unsaturated/α-hetero) is 1. The van der Waals surface area contributed by atoms with Crippen LogP contribution in [0.25, 0.3) is 0 Å². The number of carbonyl (C=O) groups is 2. The van der Waals surface area contributed by atoms with E-state index < -0.39 is 17.8 Å². The molecule has 1 aromatic rings. The highest BCUT2D eigenvalue weighted by atomic mass is 19.4. The maximum atomic E-state index is 12.8. The molecule has 2 N–H and O–H groups in total. The largest absolute Gasteiger partial charge is 0.491 e. The number of amides is 1. The number of benzene rings is 1. The molecule has 0 aromatic heterocycles. The minimum atomic E-state index is -4.47. The Morgan fingerprint density at radius 2 is 2.12 bits per heavy atom. The monoisotopic (exact) mass is 451 g/mol. The molecule has 8 heteroatoms. The lowest BCUT2D eigenvalue weighted by Crippen LogP contribution is -2.16. The van der Waals surface area contributed by atoms with E-state index in [0.29, 0.717) is 19.3 Å². The number of aliphatic hydroxyl groups is 1. The number of aliphatic hydroxyl groups excluding tert-OH is 1. The van der Waals surface area contributed by atoms with Gasteiger partial charge in [0.25, 0.3) is 0 Å². The molecule has 2 rings (SSSR count). The van der Waals surface area contributed by atoms with Crippen LogP contribution in [0.15, 0.2) is 60.2 Å². The Morgan fingerprint density at radius 3 is 2.84 bits per heavy atom. The van der Waals surface area contributed by atoms with Crippen molar-refractivity contribution >= 4 is 11.7 Å². The third kappa shape index (κ3) is 8.34. The molecule has 1 amide bonds. The van der Waals surface area contributed by atoms with E-state index in [4.69, 9.17) is 4.74 Å². The number of rotatable bonds is 11. The van der Waals surface area contributed by atoms with Crippen LogP contribution >= 0.6 is 0 Å². The van der Waals surface area contributed by atoms with Gasteiger partial charge < -0.3 is 15.2 Å². The minimum Gasteiger partial charge on any atom is -0.491 e. The Balaban J connectivity index is 1.82. The Hall–Kier alpha value is -2.87. The molecular formula is C24H28F3NO4. The molecule has 0 heterocycles. The van der Waals surface area contributed by atoms with E-state index in [1.54, 1.807) is 13.1 Å². The third-order valence-corrected chi connectivity index (χ3v) is 5.01. The zero-order valence-corrected chi connectivity index (χ0v) is 17.9. The fourth-order valence-electron chi connectivity index (χ4n) is 3.22. The number of hydrogen-bond acceptors (Lipinski definition) is 4. The van der Waals surface area contributed by atoms with Gasteiger partial charge >= 0.3 is 6.18 Å². The van der Waals surface area contributed by atoms with Crippen LogP contribution in [0.5, 0.6) is 5.75 Å². The van der Waals surface area contributed by atoms with Crippen LogP contribution in [0.4, 0.5) is 13.2 Å². The smallest absolute Gasteiger partial charge is 0.416 e. The summed E-state index contributed by atoms with van der Waals surface area (Å²) in [7, 11) is 1.60. The van der Waals surface area contributed by atoms with Gasteiger partial charge in [0.15, 0.2) is 0 Å². The fraction of sp³-hybridized carbons (Fsp3) is 0.417. The van der Waals surface area contributed by atoms with Crippen molar-refractivity contribution in [3.05, 3.63) is 65.8 Å². The first-order chi connectivity index (χ1) is 15.2. The quantitative estimate of drug-likeness (QED) is 0.387. The number of carbonyl (C=O) groups excluding carboxylic acids is 2. The lowest BCUT2D eigenvalue weighted by Gasteiger charge is -2.12. The van der Waals surface area contributed by atoms with E-state index in [1.807, 2.05) is 18.2 Å². The summed E-state index contributed by atoms with van der Waals surface area (Å²) >= 11 is 0. The van der Waals surface area contributed by atoms with Gasteiger partial charge in [-0.1, -0.05) is 36.4 Å². The van der Waals surface area contributed by atoms with Crippen molar-refractivity contribution in [3.63, 3.8) is 0 Å². The van der Waals surface area contributed by atoms with Crippen LogP contribution in [-0.2, 0) is 15.8 Å². The number of halogens is 3. The maximum Gasteiger partial charge on any atom is 0.416 e. The van der Waals surface area contributed by atoms with Gasteiger partial charge in [0.05, 0.1) is 5.56 Å². The first-order valence-electron chi connectivity index (χ1n) is 10.5. The standard InChI is InChI=1S/C24H28F3NO4/c1-28-23(31)10-5-3-2-4-9-21-17(12-14-22(21)30)11-13-19(29)16-32-20-8-6-7-18(15-20)24(25,26)27/h2,4,6-8,11-13,15,19,21,29H,3,5,9-10,14,16H2,1H3,(H,28,31)/t19-,21-/m1/s1. The number of alkyl halides is 3. The van der Waals surface area contributed by atoms with Crippen LogP contribution in [0, 0.1) is 5.92 Å². The maximum absolute atomic E-state index is 12.8. The average molecular weight is 451 g/mol. The second kappa shape index (κ2) is 12.2. The van der Waals surface area contributed by atoms with Gasteiger partial charge in [-0.05, 0) is 43.0 Å². The predicted octanol–water partition coefficient (Wildman–Crippen LogP) is 4.38. The molecule has 0 unspecified atom stereocenters. The van der Waals surface area contributed by atoms with Crippen molar-refractivity contribution in [1.82, 2.24) is 5.32 Å². The van der Waals surface area contributed by atoms with E-state index in [-0.39, 0.29) is 30.0 Å². The number of ether oxygens (including phenoxy) is 1. The van der Waals surface area contributed by atoms with Crippen molar-refractivity contribution < 1.29 is 32.6 Å². The SMILES string of the molecule is CNC(=O)CCCC=CC[C@H]1C(=O)CC=C1C=C[C@@H](O)COc1cccc(C(F)(F)F)c1. The van der Waals surface area contributed by atoms with Crippen molar-refractivity contribution in [2.45, 2.75) is 44.4 Å². The fourth-order valence-corrected chi connectivity index (χ4v) is 3.22. The van der Waals surface area contributed by atoms with Crippen LogP contribution in [-0.4, -0.2) is 36.6 Å². The summed E-state index contributed by atoms with van der Waals surface area (Å²) < 4.78 is 43.5. The Morgan fingerprint density at radius 1 is 1.34 bits per heavy atom. The molecule has 0 saturated heterocycles. The molecule has 1 aromatic carbocycles. The Bertz CT molecular complexity index is 874. The topological polar surface area (TPSA) is 75.6 Å². The van der Waals surface area contributed by atoms with Gasteiger partial charge in [-0.2, -0.15) is 13.2 Å². The normalized spacial score (nSPS) is 17.7. The van der Waals surface area contributed by atoms with Crippen LogP contribution < -0.4 is 10.1 Å². The zero-order chi connectivity index (χ0) is 23.6. The predicted molar refractivity (Wildman–Crippen MR) is 115 cm³/mol. The Kier molecular flexibility index (Phi) is 9.71. The van der Waals surface area contributed by atoms with Crippen molar-refractivity contribution in [2.24, 2.45) is 5.92 Å². The minimum absolute atomic E-state index is 0.00433. The molecule has 1 aliphatic carbocycles. The van der Waals surface area contributed by atoms with E-state index in [0.717, 1.165) is 30.5 Å². The van der Waals surface area contributed by atoms with Gasteiger partial charge in [0, 0.05) is 25.8 Å². The highest BCUT2D eigenvalue weighted by Gasteiger charge is 2.30. The molecule has 0 spiro atoms. The summed E-state index contributed by atoms with van der Waals surface area (Å²) in [5.74, 6) is -0.190. The van der Waals surface area contributed by atoms with Crippen molar-refractivity contribution in [2.75, 3.05) is 13.7 Å². The van der Waals surface area contributed by atoms with E-state index in [9.17, 15) is 27.9 Å². The summed E-state index contributed by atoms with van der Waals surface area (Å²) in [4.78, 5) is 23.3. The number of ketones is 1. The summed E-state index contributed by atoms with van der Waals surface area (Å²) in [5.41, 5.74) is -0.0256. The lowest BCUT2D eigenvalue weighted by molar-refractivity contribution is -0.137. The molecule has 1 aliphatic rings. The lowest BCUT2D eigenvalue weighted by atomic mass is 9.95. The molecule has 0 fully saturated rings. The molecular weight excluding hydrogens is 423 g/mol. The second-order valence-corrected chi connectivity index (χ2v) is 7.46. The molecule has 0 saturated carbocycles. The van der Waals surface area contributed by atoms with Crippen LogP contribution in [0.1, 0.15) is 37.7 Å². The van der Waals surface area contributed by atoms with Gasteiger partial charge in [-0.15, -0.1) is 0 Å². The van der Waals surface area contributed by atoms with E-state index >= 15 is 0 Å². The Labute approximate surface area is 185 Å². The van der Waals surface area contributed by atoms with Gasteiger partial charge in [0.2, 0.25) is 5.91 Å². The molecule has 0 radical (unpaired) electrons. The highest BCUT2D eigenvalue weighted by molar-refractivity contribution is 5.89. The van der Waals surface area contributed by atoms with Gasteiger partial charge in [-0.25, -0.2) is 0 Å². The van der Waals surface area contributed by atoms with Gasteiger partial charge in [-0.3, -0.25) is 9.59 Å². The van der Waals surface area contributed by atoms with E-state index in [1.165, 1.54) is 18.2 Å². The molecule has 2 atom stereocenters. The number of allylic oxidation sites excluding steroid dienone is 5. The van der Waals surface area contributed by atoms with E-state index in [2.05, 4.69) is 5.32 Å². The average Bonchev–Trinajstić information content (AvgIpc) is 3.11. The highest BCUT2D eigenvalue weighted by Crippen LogP contribution is 2.31. The zero-order valence-electron chi connectivity index (χ0n) is 17.9. The second-order valence-electron chi connectivity index (χ2n) is 7.46. The number of nitrogens with one attached hydrogen (secondary N) is 1. The molecule has 5 nitrogen and oxygen atoms in total. The summed E-state index contributed by atoms with van der Waals surface area (Å²) in [5, 5.41) is 12.7. The molecule has 0 aliphatic heterocycles. The van der Waals surface area contributed by atoms with Crippen LogP contribution in [0.3, 0.4) is 0 Å². The first kappa shape index (κ1) is 25.4. The van der Waals surface area contributed by atoms with Crippen molar-refractivity contribution in [3.8, 4) is 5.75 Å². The first-order valence-corrected chi connectivity index (χ1v) is 10.5. The van der Waals surface area contributed by atoms with Gasteiger partial charge in [0.1, 0.15) is 24.2 Å². The summed E-state index contributed by atoms with van der Waals surface area (Å²) in [6.07, 6.45) is 6.10.